The van der Waals surface area contributed by atoms with Gasteiger partial charge in [-0.3, -0.25) is 9.78 Å². The summed E-state index contributed by atoms with van der Waals surface area (Å²) in [7, 11) is 0. The Hall–Kier alpha value is -1.28. The molecule has 0 bridgehead atoms. The maximum atomic E-state index is 13.8. The van der Waals surface area contributed by atoms with E-state index in [1.54, 1.807) is 18.3 Å². The van der Waals surface area contributed by atoms with Crippen molar-refractivity contribution in [3.8, 4) is 0 Å². The molecule has 1 aromatic carbocycles. The highest BCUT2D eigenvalue weighted by atomic mass is 127. The average Bonchev–Trinajstić information content (AvgIpc) is 3.16. The summed E-state index contributed by atoms with van der Waals surface area (Å²) in [6, 6.07) is 6.78. The fraction of sp³-hybridized carbons (Fsp3) is 0.565. The molecule has 1 aromatic heterocycles. The molecule has 156 valence electrons. The van der Waals surface area contributed by atoms with Crippen LogP contribution in [0.5, 0.6) is 0 Å². The number of alkyl halides is 1. The van der Waals surface area contributed by atoms with E-state index in [2.05, 4.69) is 32.9 Å². The van der Waals surface area contributed by atoms with Crippen molar-refractivity contribution in [2.45, 2.75) is 62.0 Å². The molecule has 1 heterocycles. The van der Waals surface area contributed by atoms with E-state index in [4.69, 9.17) is 0 Å². The Balaban J connectivity index is 1.54. The van der Waals surface area contributed by atoms with Gasteiger partial charge in [0, 0.05) is 11.6 Å². The Kier molecular flexibility index (Phi) is 5.39. The lowest BCUT2D eigenvalue weighted by molar-refractivity contribution is -0.146. The highest BCUT2D eigenvalue weighted by Gasteiger charge is 2.57. The number of carbonyl (C=O) groups excluding carboxylic acids is 1. The zero-order valence-electron chi connectivity index (χ0n) is 17.1. The number of amides is 1. The molecule has 0 aliphatic heterocycles. The number of fused-ring (bicyclic) bond motifs is 2. The topological polar surface area (TPSA) is 62.2 Å². The van der Waals surface area contributed by atoms with Crippen LogP contribution in [0.4, 0.5) is 4.39 Å². The van der Waals surface area contributed by atoms with Gasteiger partial charge in [0.2, 0.25) is 5.91 Å². The third-order valence-electron chi connectivity index (χ3n) is 7.28. The second kappa shape index (κ2) is 7.45. The van der Waals surface area contributed by atoms with Gasteiger partial charge in [-0.25, -0.2) is 4.39 Å². The molecule has 4 rings (SSSR count). The van der Waals surface area contributed by atoms with Crippen molar-refractivity contribution in [3.05, 3.63) is 41.8 Å². The number of pyridine rings is 1. The summed E-state index contributed by atoms with van der Waals surface area (Å²) in [6.45, 7) is 5.65. The van der Waals surface area contributed by atoms with Crippen molar-refractivity contribution in [2.75, 3.05) is 0 Å². The molecule has 0 radical (unpaired) electrons. The lowest BCUT2D eigenvalue weighted by Crippen LogP contribution is -2.53. The highest BCUT2D eigenvalue weighted by molar-refractivity contribution is 14.1. The molecular weight excluding hydrogens is 482 g/mol. The Morgan fingerprint density at radius 1 is 1.31 bits per heavy atom. The van der Waals surface area contributed by atoms with Crippen LogP contribution in [0.3, 0.4) is 0 Å². The number of hydrogen-bond donors (Lipinski definition) is 2. The van der Waals surface area contributed by atoms with Gasteiger partial charge in [0.05, 0.1) is 20.6 Å². The molecule has 3 atom stereocenters. The SMILES string of the molecule is C[C@H](I)NC(=O)C(C)(C)C1(O)CC2CC(c3ccnc4ccc(F)cc34)CC2C1. The molecule has 2 aliphatic rings. The molecule has 1 amide bonds. The number of aromatic nitrogens is 1. The standard InChI is InChI=1S/C23H28FIN2O2/c1-13(25)27-21(28)22(2,3)23(29)11-15-8-14(9-16(15)12-23)18-6-7-26-20-5-4-17(24)10-19(18)20/h4-7,10,13-16,29H,8-9,11-12H2,1-3H3,(H,27,28)/t13-,14?,15?,16?,23?/m1/s1. The first-order valence-corrected chi connectivity index (χ1v) is 11.6. The predicted molar refractivity (Wildman–Crippen MR) is 120 cm³/mol. The fourth-order valence-electron chi connectivity index (χ4n) is 5.50. The zero-order valence-corrected chi connectivity index (χ0v) is 19.2. The first kappa shape index (κ1) is 21.0. The van der Waals surface area contributed by atoms with E-state index in [-0.39, 0.29) is 15.8 Å². The van der Waals surface area contributed by atoms with Gasteiger partial charge in [0.1, 0.15) is 5.82 Å². The third kappa shape index (κ3) is 3.67. The molecule has 2 N–H and O–H groups in total. The molecule has 2 aliphatic carbocycles. The summed E-state index contributed by atoms with van der Waals surface area (Å²) in [6.07, 6.45) is 5.01. The second-order valence-corrected chi connectivity index (χ2v) is 11.3. The summed E-state index contributed by atoms with van der Waals surface area (Å²) in [5.74, 6) is 0.774. The van der Waals surface area contributed by atoms with Crippen molar-refractivity contribution in [1.82, 2.24) is 10.3 Å². The number of rotatable bonds is 4. The molecule has 29 heavy (non-hydrogen) atoms. The fourth-order valence-corrected chi connectivity index (χ4v) is 5.78. The maximum Gasteiger partial charge on any atom is 0.229 e. The largest absolute Gasteiger partial charge is 0.389 e. The van der Waals surface area contributed by atoms with Crippen LogP contribution in [0.15, 0.2) is 30.5 Å². The van der Waals surface area contributed by atoms with Crippen LogP contribution in [0.25, 0.3) is 10.9 Å². The van der Waals surface area contributed by atoms with Gasteiger partial charge in [-0.15, -0.1) is 0 Å². The summed E-state index contributed by atoms with van der Waals surface area (Å²) in [5.41, 5.74) is 0.153. The molecule has 6 heteroatoms. The van der Waals surface area contributed by atoms with E-state index in [0.29, 0.717) is 30.6 Å². The summed E-state index contributed by atoms with van der Waals surface area (Å²) in [5, 5.41) is 15.3. The molecule has 0 saturated heterocycles. The first-order chi connectivity index (χ1) is 13.6. The average molecular weight is 510 g/mol. The quantitative estimate of drug-likeness (QED) is 0.349. The van der Waals surface area contributed by atoms with Gasteiger partial charge in [-0.1, -0.05) is 22.6 Å². The molecule has 0 spiro atoms. The first-order valence-electron chi connectivity index (χ1n) is 10.3. The van der Waals surface area contributed by atoms with Crippen LogP contribution >= 0.6 is 22.6 Å². The number of nitrogens with zero attached hydrogens (tertiary/aromatic N) is 1. The van der Waals surface area contributed by atoms with Crippen molar-refractivity contribution < 1.29 is 14.3 Å². The van der Waals surface area contributed by atoms with Crippen LogP contribution in [0.1, 0.15) is 57.9 Å². The number of hydrogen-bond acceptors (Lipinski definition) is 3. The van der Waals surface area contributed by atoms with E-state index in [1.807, 2.05) is 26.8 Å². The highest BCUT2D eigenvalue weighted by Crippen LogP contribution is 2.58. The van der Waals surface area contributed by atoms with Crippen LogP contribution in [0, 0.1) is 23.1 Å². The number of carbonyl (C=O) groups is 1. The Labute approximate surface area is 184 Å². The van der Waals surface area contributed by atoms with Crippen LogP contribution in [0.2, 0.25) is 0 Å². The minimum atomic E-state index is -0.991. The number of nitrogens with one attached hydrogen (secondary N) is 1. The normalized spacial score (nSPS) is 30.3. The van der Waals surface area contributed by atoms with Crippen molar-refractivity contribution in [2.24, 2.45) is 17.3 Å². The van der Waals surface area contributed by atoms with E-state index in [1.165, 1.54) is 6.07 Å². The third-order valence-corrected chi connectivity index (χ3v) is 7.59. The van der Waals surface area contributed by atoms with Crippen LogP contribution in [-0.2, 0) is 4.79 Å². The number of aliphatic hydroxyl groups is 1. The monoisotopic (exact) mass is 510 g/mol. The number of benzene rings is 1. The molecule has 4 nitrogen and oxygen atoms in total. The van der Waals surface area contributed by atoms with Crippen molar-refractivity contribution in [1.29, 1.82) is 0 Å². The second-order valence-electron chi connectivity index (χ2n) is 9.40. The Bertz CT molecular complexity index is 932. The van der Waals surface area contributed by atoms with Crippen LogP contribution in [-0.4, -0.2) is 25.6 Å². The lowest BCUT2D eigenvalue weighted by atomic mass is 9.71. The smallest absolute Gasteiger partial charge is 0.229 e. The van der Waals surface area contributed by atoms with E-state index >= 15 is 0 Å². The van der Waals surface area contributed by atoms with Gasteiger partial charge in [0.15, 0.2) is 0 Å². The van der Waals surface area contributed by atoms with Gasteiger partial charge in [-0.05, 0) is 94.0 Å². The summed E-state index contributed by atoms with van der Waals surface area (Å²) >= 11 is 2.17. The zero-order chi connectivity index (χ0) is 21.0. The minimum Gasteiger partial charge on any atom is -0.389 e. The minimum absolute atomic E-state index is 0.0219. The molecule has 2 fully saturated rings. The Morgan fingerprint density at radius 3 is 2.59 bits per heavy atom. The molecule has 2 aromatic rings. The van der Waals surface area contributed by atoms with Gasteiger partial charge in [-0.2, -0.15) is 0 Å². The van der Waals surface area contributed by atoms with Gasteiger partial charge in [0.25, 0.3) is 0 Å². The van der Waals surface area contributed by atoms with E-state index < -0.39 is 11.0 Å². The molecular formula is C23H28FIN2O2. The predicted octanol–water partition coefficient (Wildman–Crippen LogP) is 4.93. The van der Waals surface area contributed by atoms with Crippen LogP contribution < -0.4 is 5.32 Å². The van der Waals surface area contributed by atoms with Gasteiger partial charge < -0.3 is 10.4 Å². The number of halogens is 2. The molecule has 2 unspecified atom stereocenters. The van der Waals surface area contributed by atoms with Crippen molar-refractivity contribution in [3.63, 3.8) is 0 Å². The maximum absolute atomic E-state index is 13.8. The summed E-state index contributed by atoms with van der Waals surface area (Å²) < 4.78 is 13.9. The Morgan fingerprint density at radius 2 is 1.97 bits per heavy atom. The van der Waals surface area contributed by atoms with E-state index in [9.17, 15) is 14.3 Å². The lowest BCUT2D eigenvalue weighted by Gasteiger charge is -2.40. The van der Waals surface area contributed by atoms with Gasteiger partial charge >= 0.3 is 0 Å². The summed E-state index contributed by atoms with van der Waals surface area (Å²) in [4.78, 5) is 17.1. The van der Waals surface area contributed by atoms with E-state index in [0.717, 1.165) is 29.3 Å². The molecule has 2 saturated carbocycles. The van der Waals surface area contributed by atoms with Crippen molar-refractivity contribution >= 4 is 39.4 Å².